The number of aromatic nitrogens is 4. The van der Waals surface area contributed by atoms with Crippen LogP contribution >= 0.6 is 0 Å². The van der Waals surface area contributed by atoms with E-state index in [1.807, 2.05) is 24.5 Å². The lowest BCUT2D eigenvalue weighted by Crippen LogP contribution is -2.30. The SMILES string of the molecule is O[C@@H]1CCC[C@@H](Nc2ncc3ccc(-c4cccc5[nH]ncc45)cc3n2)C1. The third-order valence-corrected chi connectivity index (χ3v) is 5.36. The van der Waals surface area contributed by atoms with Crippen LogP contribution in [0.1, 0.15) is 25.7 Å². The van der Waals surface area contributed by atoms with E-state index in [-0.39, 0.29) is 12.1 Å². The zero-order valence-electron chi connectivity index (χ0n) is 14.9. The molecule has 2 aromatic heterocycles. The van der Waals surface area contributed by atoms with Crippen molar-refractivity contribution in [1.82, 2.24) is 20.2 Å². The molecule has 136 valence electrons. The molecule has 2 atom stereocenters. The van der Waals surface area contributed by atoms with E-state index < -0.39 is 0 Å². The van der Waals surface area contributed by atoms with Crippen molar-refractivity contribution in [3.63, 3.8) is 0 Å². The van der Waals surface area contributed by atoms with Crippen LogP contribution in [0.25, 0.3) is 32.9 Å². The van der Waals surface area contributed by atoms with Crippen LogP contribution in [0.5, 0.6) is 0 Å². The summed E-state index contributed by atoms with van der Waals surface area (Å²) >= 11 is 0. The molecule has 6 nitrogen and oxygen atoms in total. The number of hydrogen-bond acceptors (Lipinski definition) is 5. The number of aliphatic hydroxyl groups excluding tert-OH is 1. The summed E-state index contributed by atoms with van der Waals surface area (Å²) < 4.78 is 0. The molecule has 5 rings (SSSR count). The van der Waals surface area contributed by atoms with E-state index in [4.69, 9.17) is 4.98 Å². The fraction of sp³-hybridized carbons (Fsp3) is 0.286. The van der Waals surface area contributed by atoms with E-state index in [1.54, 1.807) is 0 Å². The van der Waals surface area contributed by atoms with Gasteiger partial charge in [-0.2, -0.15) is 5.10 Å². The first-order valence-electron chi connectivity index (χ1n) is 9.40. The lowest BCUT2D eigenvalue weighted by atomic mass is 9.93. The van der Waals surface area contributed by atoms with Crippen LogP contribution in [-0.4, -0.2) is 37.4 Å². The number of aromatic amines is 1. The van der Waals surface area contributed by atoms with E-state index in [0.29, 0.717) is 5.95 Å². The van der Waals surface area contributed by atoms with Crippen molar-refractivity contribution in [2.45, 2.75) is 37.8 Å². The number of benzene rings is 2. The molecule has 2 aromatic carbocycles. The van der Waals surface area contributed by atoms with Crippen LogP contribution in [0.2, 0.25) is 0 Å². The molecule has 6 heteroatoms. The quantitative estimate of drug-likeness (QED) is 0.517. The van der Waals surface area contributed by atoms with Crippen LogP contribution in [0.3, 0.4) is 0 Å². The van der Waals surface area contributed by atoms with E-state index in [2.05, 4.69) is 44.8 Å². The van der Waals surface area contributed by atoms with Crippen LogP contribution in [0.15, 0.2) is 48.8 Å². The molecule has 1 aliphatic rings. The first-order valence-corrected chi connectivity index (χ1v) is 9.40. The smallest absolute Gasteiger partial charge is 0.223 e. The minimum absolute atomic E-state index is 0.223. The van der Waals surface area contributed by atoms with Gasteiger partial charge in [-0.15, -0.1) is 0 Å². The zero-order valence-corrected chi connectivity index (χ0v) is 14.9. The molecule has 2 heterocycles. The maximum Gasteiger partial charge on any atom is 0.223 e. The molecule has 1 aliphatic carbocycles. The Morgan fingerprint density at radius 1 is 1.11 bits per heavy atom. The van der Waals surface area contributed by atoms with Crippen molar-refractivity contribution >= 4 is 27.8 Å². The van der Waals surface area contributed by atoms with E-state index >= 15 is 0 Å². The van der Waals surface area contributed by atoms with Gasteiger partial charge in [-0.25, -0.2) is 9.97 Å². The number of fused-ring (bicyclic) bond motifs is 2. The molecule has 0 amide bonds. The molecule has 27 heavy (non-hydrogen) atoms. The summed E-state index contributed by atoms with van der Waals surface area (Å²) in [6.07, 6.45) is 7.21. The van der Waals surface area contributed by atoms with E-state index in [1.165, 1.54) is 0 Å². The van der Waals surface area contributed by atoms with Crippen LogP contribution in [0.4, 0.5) is 5.95 Å². The van der Waals surface area contributed by atoms with Crippen molar-refractivity contribution in [2.75, 3.05) is 5.32 Å². The Kier molecular flexibility index (Phi) is 3.98. The number of nitrogens with one attached hydrogen (secondary N) is 2. The van der Waals surface area contributed by atoms with Gasteiger partial charge in [0, 0.05) is 23.0 Å². The van der Waals surface area contributed by atoms with Gasteiger partial charge >= 0.3 is 0 Å². The number of aliphatic hydroxyl groups is 1. The highest BCUT2D eigenvalue weighted by molar-refractivity contribution is 5.96. The van der Waals surface area contributed by atoms with Crippen molar-refractivity contribution < 1.29 is 5.11 Å². The first-order chi connectivity index (χ1) is 13.3. The summed E-state index contributed by atoms with van der Waals surface area (Å²) in [5.41, 5.74) is 4.16. The lowest BCUT2D eigenvalue weighted by Gasteiger charge is -2.26. The minimum atomic E-state index is -0.223. The number of H-pyrrole nitrogens is 1. The van der Waals surface area contributed by atoms with Gasteiger partial charge in [-0.3, -0.25) is 5.10 Å². The lowest BCUT2D eigenvalue weighted by molar-refractivity contribution is 0.124. The predicted molar refractivity (Wildman–Crippen MR) is 107 cm³/mol. The van der Waals surface area contributed by atoms with Gasteiger partial charge in [0.25, 0.3) is 0 Å². The summed E-state index contributed by atoms with van der Waals surface area (Å²) in [5.74, 6) is 0.625. The van der Waals surface area contributed by atoms with Gasteiger partial charge < -0.3 is 10.4 Å². The molecular weight excluding hydrogens is 338 g/mol. The average molecular weight is 359 g/mol. The molecule has 0 spiro atoms. The van der Waals surface area contributed by atoms with Crippen LogP contribution in [0, 0.1) is 0 Å². The Morgan fingerprint density at radius 3 is 3.00 bits per heavy atom. The standard InChI is InChI=1S/C21H21N5O/c27-16-4-1-3-15(10-16)24-21-22-11-14-8-7-13(9-20(14)25-21)17-5-2-6-19-18(17)12-23-26-19/h2,5-9,11-12,15-16,27H,1,3-4,10H2,(H,23,26)(H,22,24,25)/t15-,16-/m1/s1. The second kappa shape index (κ2) is 6.63. The molecular formula is C21H21N5O. The monoisotopic (exact) mass is 359 g/mol. The molecule has 0 unspecified atom stereocenters. The fourth-order valence-corrected chi connectivity index (χ4v) is 3.96. The third-order valence-electron chi connectivity index (χ3n) is 5.36. The number of nitrogens with zero attached hydrogens (tertiary/aromatic N) is 3. The van der Waals surface area contributed by atoms with Gasteiger partial charge in [-0.1, -0.05) is 24.3 Å². The fourth-order valence-electron chi connectivity index (χ4n) is 3.96. The number of hydrogen-bond donors (Lipinski definition) is 3. The topological polar surface area (TPSA) is 86.7 Å². The summed E-state index contributed by atoms with van der Waals surface area (Å²) in [6.45, 7) is 0. The van der Waals surface area contributed by atoms with Crippen molar-refractivity contribution in [1.29, 1.82) is 0 Å². The summed E-state index contributed by atoms with van der Waals surface area (Å²) in [5, 5.41) is 22.5. The van der Waals surface area contributed by atoms with Gasteiger partial charge in [0.15, 0.2) is 0 Å². The maximum atomic E-state index is 9.87. The summed E-state index contributed by atoms with van der Waals surface area (Å²) in [7, 11) is 0. The molecule has 0 aliphatic heterocycles. The minimum Gasteiger partial charge on any atom is -0.393 e. The third kappa shape index (κ3) is 3.13. The van der Waals surface area contributed by atoms with E-state index in [0.717, 1.165) is 58.6 Å². The van der Waals surface area contributed by atoms with Crippen molar-refractivity contribution in [3.05, 3.63) is 48.8 Å². The average Bonchev–Trinajstić information content (AvgIpc) is 3.16. The molecule has 4 aromatic rings. The highest BCUT2D eigenvalue weighted by Gasteiger charge is 2.20. The molecule has 3 N–H and O–H groups in total. The molecule has 1 fully saturated rings. The second-order valence-electron chi connectivity index (χ2n) is 7.27. The normalized spacial score (nSPS) is 20.2. The zero-order chi connectivity index (χ0) is 18.2. The molecule has 0 radical (unpaired) electrons. The van der Waals surface area contributed by atoms with Crippen molar-refractivity contribution in [2.24, 2.45) is 0 Å². The van der Waals surface area contributed by atoms with E-state index in [9.17, 15) is 5.11 Å². The second-order valence-corrected chi connectivity index (χ2v) is 7.27. The van der Waals surface area contributed by atoms with Crippen molar-refractivity contribution in [3.8, 4) is 11.1 Å². The Balaban J connectivity index is 1.50. The Hall–Kier alpha value is -2.99. The Bertz CT molecular complexity index is 1110. The Morgan fingerprint density at radius 2 is 2.07 bits per heavy atom. The van der Waals surface area contributed by atoms with Crippen LogP contribution in [-0.2, 0) is 0 Å². The van der Waals surface area contributed by atoms with Gasteiger partial charge in [0.05, 0.1) is 23.3 Å². The Labute approximate surface area is 156 Å². The molecule has 0 saturated heterocycles. The first kappa shape index (κ1) is 16.2. The largest absolute Gasteiger partial charge is 0.393 e. The molecule has 1 saturated carbocycles. The summed E-state index contributed by atoms with van der Waals surface area (Å²) in [4.78, 5) is 9.17. The highest BCUT2D eigenvalue weighted by Crippen LogP contribution is 2.30. The maximum absolute atomic E-state index is 9.87. The molecule has 0 bridgehead atoms. The highest BCUT2D eigenvalue weighted by atomic mass is 16.3. The number of rotatable bonds is 3. The van der Waals surface area contributed by atoms with Gasteiger partial charge in [0.2, 0.25) is 5.95 Å². The number of anilines is 1. The van der Waals surface area contributed by atoms with Gasteiger partial charge in [0.1, 0.15) is 0 Å². The van der Waals surface area contributed by atoms with Crippen LogP contribution < -0.4 is 5.32 Å². The predicted octanol–water partition coefficient (Wildman–Crippen LogP) is 3.89. The summed E-state index contributed by atoms with van der Waals surface area (Å²) in [6, 6.07) is 12.6. The van der Waals surface area contributed by atoms with Gasteiger partial charge in [-0.05, 0) is 48.9 Å².